The third-order valence-corrected chi connectivity index (χ3v) is 3.09. The zero-order valence-electron chi connectivity index (χ0n) is 9.60. The number of ether oxygens (including phenoxy) is 1. The molecule has 0 aliphatic carbocycles. The Balaban J connectivity index is 1.79. The topological polar surface area (TPSA) is 21.3 Å². The summed E-state index contributed by atoms with van der Waals surface area (Å²) in [7, 11) is 0. The molecule has 1 saturated heterocycles. The maximum absolute atomic E-state index is 5.82. The number of benzene rings is 2. The van der Waals surface area contributed by atoms with E-state index in [1.165, 1.54) is 5.56 Å². The Morgan fingerprint density at radius 1 is 0.882 bits per heavy atom. The molecule has 0 bridgehead atoms. The van der Waals surface area contributed by atoms with Crippen LogP contribution in [0.2, 0.25) is 0 Å². The fourth-order valence-corrected chi connectivity index (χ4v) is 1.98. The van der Waals surface area contributed by atoms with Crippen LogP contribution in [0.5, 0.6) is 11.5 Å². The van der Waals surface area contributed by atoms with Crippen LogP contribution in [0.15, 0.2) is 54.6 Å². The first-order valence-electron chi connectivity index (χ1n) is 5.95. The Morgan fingerprint density at radius 2 is 1.65 bits per heavy atom. The number of para-hydroxylation sites is 1. The summed E-state index contributed by atoms with van der Waals surface area (Å²) in [6.45, 7) is 2.16. The lowest BCUT2D eigenvalue weighted by Crippen LogP contribution is -2.39. The highest BCUT2D eigenvalue weighted by molar-refractivity contribution is 5.36. The lowest BCUT2D eigenvalue weighted by atomic mass is 9.94. The molecule has 1 fully saturated rings. The van der Waals surface area contributed by atoms with E-state index in [0.717, 1.165) is 24.6 Å². The first-order valence-corrected chi connectivity index (χ1v) is 5.95. The molecular weight excluding hydrogens is 210 g/mol. The van der Waals surface area contributed by atoms with E-state index in [1.54, 1.807) is 0 Å². The largest absolute Gasteiger partial charge is 0.457 e. The average molecular weight is 225 g/mol. The molecule has 0 radical (unpaired) electrons. The average Bonchev–Trinajstić information content (AvgIpc) is 2.28. The molecule has 1 N–H and O–H groups in total. The van der Waals surface area contributed by atoms with Gasteiger partial charge in [0.25, 0.3) is 0 Å². The number of nitrogens with one attached hydrogen (secondary N) is 1. The fourth-order valence-electron chi connectivity index (χ4n) is 1.98. The number of hydrogen-bond donors (Lipinski definition) is 1. The molecule has 1 aliphatic heterocycles. The van der Waals surface area contributed by atoms with Gasteiger partial charge in [0.1, 0.15) is 11.5 Å². The zero-order chi connectivity index (χ0) is 11.5. The van der Waals surface area contributed by atoms with Crippen molar-refractivity contribution in [1.82, 2.24) is 5.32 Å². The van der Waals surface area contributed by atoms with Gasteiger partial charge in [-0.3, -0.25) is 0 Å². The van der Waals surface area contributed by atoms with E-state index in [4.69, 9.17) is 4.74 Å². The van der Waals surface area contributed by atoms with Gasteiger partial charge in [-0.05, 0) is 29.8 Å². The van der Waals surface area contributed by atoms with Crippen molar-refractivity contribution in [2.45, 2.75) is 5.92 Å². The summed E-state index contributed by atoms with van der Waals surface area (Å²) in [6, 6.07) is 18.3. The van der Waals surface area contributed by atoms with E-state index in [9.17, 15) is 0 Å². The monoisotopic (exact) mass is 225 g/mol. The Morgan fingerprint density at radius 3 is 2.35 bits per heavy atom. The van der Waals surface area contributed by atoms with Gasteiger partial charge in [-0.2, -0.15) is 0 Å². The molecule has 2 nitrogen and oxygen atoms in total. The molecule has 3 rings (SSSR count). The summed E-state index contributed by atoms with van der Waals surface area (Å²) in [5.41, 5.74) is 1.36. The molecule has 86 valence electrons. The van der Waals surface area contributed by atoms with Gasteiger partial charge >= 0.3 is 0 Å². The minimum atomic E-state index is 0.648. The van der Waals surface area contributed by atoms with Crippen LogP contribution in [0, 0.1) is 0 Å². The molecule has 1 aliphatic rings. The molecule has 0 amide bonds. The highest BCUT2D eigenvalue weighted by Crippen LogP contribution is 2.26. The predicted octanol–water partition coefficient (Wildman–Crippen LogP) is 3.17. The van der Waals surface area contributed by atoms with Crippen LogP contribution in [0.25, 0.3) is 0 Å². The molecule has 17 heavy (non-hydrogen) atoms. The van der Waals surface area contributed by atoms with Crippen molar-refractivity contribution in [2.24, 2.45) is 0 Å². The standard InChI is InChI=1S/C15H15NO/c1-2-6-14(7-3-1)17-15-8-4-5-12(9-15)13-10-16-11-13/h1-9,13,16H,10-11H2. The molecule has 0 saturated carbocycles. The summed E-state index contributed by atoms with van der Waals surface area (Å²) in [6.07, 6.45) is 0. The molecule has 0 atom stereocenters. The number of hydrogen-bond acceptors (Lipinski definition) is 2. The Bertz CT molecular complexity index is 491. The second-order valence-electron chi connectivity index (χ2n) is 4.34. The molecule has 0 aromatic heterocycles. The molecule has 2 heteroatoms. The zero-order valence-corrected chi connectivity index (χ0v) is 9.60. The van der Waals surface area contributed by atoms with Crippen molar-refractivity contribution in [1.29, 1.82) is 0 Å². The molecule has 0 spiro atoms. The van der Waals surface area contributed by atoms with Crippen LogP contribution >= 0.6 is 0 Å². The van der Waals surface area contributed by atoms with Crippen LogP contribution in [-0.4, -0.2) is 13.1 Å². The summed E-state index contributed by atoms with van der Waals surface area (Å²) in [5, 5.41) is 3.29. The lowest BCUT2D eigenvalue weighted by molar-refractivity contribution is 0.443. The lowest BCUT2D eigenvalue weighted by Gasteiger charge is -2.27. The van der Waals surface area contributed by atoms with E-state index in [0.29, 0.717) is 5.92 Å². The summed E-state index contributed by atoms with van der Waals surface area (Å²) < 4.78 is 5.82. The van der Waals surface area contributed by atoms with Crippen molar-refractivity contribution in [3.05, 3.63) is 60.2 Å². The van der Waals surface area contributed by atoms with E-state index in [1.807, 2.05) is 36.4 Å². The van der Waals surface area contributed by atoms with Gasteiger partial charge in [-0.15, -0.1) is 0 Å². The van der Waals surface area contributed by atoms with Gasteiger partial charge < -0.3 is 10.1 Å². The normalized spacial score (nSPS) is 15.3. The molecular formula is C15H15NO. The van der Waals surface area contributed by atoms with E-state index >= 15 is 0 Å². The third-order valence-electron chi connectivity index (χ3n) is 3.09. The SMILES string of the molecule is c1ccc(Oc2cccc(C3CNC3)c2)cc1. The minimum Gasteiger partial charge on any atom is -0.457 e. The highest BCUT2D eigenvalue weighted by Gasteiger charge is 2.18. The maximum Gasteiger partial charge on any atom is 0.127 e. The van der Waals surface area contributed by atoms with Gasteiger partial charge in [0.05, 0.1) is 0 Å². The smallest absolute Gasteiger partial charge is 0.127 e. The molecule has 1 heterocycles. The maximum atomic E-state index is 5.82. The van der Waals surface area contributed by atoms with Gasteiger partial charge in [0, 0.05) is 19.0 Å². The van der Waals surface area contributed by atoms with E-state index in [2.05, 4.69) is 23.5 Å². The first-order chi connectivity index (χ1) is 8.42. The molecule has 0 unspecified atom stereocenters. The predicted molar refractivity (Wildman–Crippen MR) is 68.6 cm³/mol. The van der Waals surface area contributed by atoms with Gasteiger partial charge in [-0.1, -0.05) is 30.3 Å². The van der Waals surface area contributed by atoms with Crippen molar-refractivity contribution in [3.8, 4) is 11.5 Å². The van der Waals surface area contributed by atoms with Crippen molar-refractivity contribution in [3.63, 3.8) is 0 Å². The van der Waals surface area contributed by atoms with Crippen LogP contribution in [0.3, 0.4) is 0 Å². The van der Waals surface area contributed by atoms with Crippen LogP contribution in [0.4, 0.5) is 0 Å². The van der Waals surface area contributed by atoms with Crippen LogP contribution in [0.1, 0.15) is 11.5 Å². The second-order valence-corrected chi connectivity index (χ2v) is 4.34. The highest BCUT2D eigenvalue weighted by atomic mass is 16.5. The summed E-state index contributed by atoms with van der Waals surface area (Å²) in [5.74, 6) is 2.45. The molecule has 2 aromatic rings. The third kappa shape index (κ3) is 2.32. The van der Waals surface area contributed by atoms with Crippen molar-refractivity contribution >= 4 is 0 Å². The van der Waals surface area contributed by atoms with Crippen LogP contribution < -0.4 is 10.1 Å². The number of rotatable bonds is 3. The Labute approximate surface area is 101 Å². The van der Waals surface area contributed by atoms with Crippen LogP contribution in [-0.2, 0) is 0 Å². The summed E-state index contributed by atoms with van der Waals surface area (Å²) >= 11 is 0. The van der Waals surface area contributed by atoms with Crippen molar-refractivity contribution in [2.75, 3.05) is 13.1 Å². The van der Waals surface area contributed by atoms with Crippen molar-refractivity contribution < 1.29 is 4.74 Å². The first kappa shape index (κ1) is 10.4. The Kier molecular flexibility index (Phi) is 2.80. The van der Waals surface area contributed by atoms with Gasteiger partial charge in [0.2, 0.25) is 0 Å². The molecule has 2 aromatic carbocycles. The Hall–Kier alpha value is -1.80. The minimum absolute atomic E-state index is 0.648. The van der Waals surface area contributed by atoms with Gasteiger partial charge in [-0.25, -0.2) is 0 Å². The van der Waals surface area contributed by atoms with E-state index in [-0.39, 0.29) is 0 Å². The fraction of sp³-hybridized carbons (Fsp3) is 0.200. The van der Waals surface area contributed by atoms with Gasteiger partial charge in [0.15, 0.2) is 0 Å². The summed E-state index contributed by atoms with van der Waals surface area (Å²) in [4.78, 5) is 0. The quantitative estimate of drug-likeness (QED) is 0.866. The van der Waals surface area contributed by atoms with E-state index < -0.39 is 0 Å². The second kappa shape index (κ2) is 4.60.